The van der Waals surface area contributed by atoms with Crippen molar-refractivity contribution in [1.82, 2.24) is 20.5 Å². The van der Waals surface area contributed by atoms with Crippen LogP contribution >= 0.6 is 0 Å². The maximum atomic E-state index is 14.6. The molecule has 2 atom stereocenters. The van der Waals surface area contributed by atoms with Gasteiger partial charge in [-0.3, -0.25) is 0 Å². The number of halogens is 3. The average Bonchev–Trinajstić information content (AvgIpc) is 3.64. The minimum absolute atomic E-state index is 0.00398. The summed E-state index contributed by atoms with van der Waals surface area (Å²) in [7, 11) is 0. The lowest BCUT2D eigenvalue weighted by molar-refractivity contribution is 0.108. The Morgan fingerprint density at radius 1 is 1.09 bits per heavy atom. The summed E-state index contributed by atoms with van der Waals surface area (Å²) in [6.45, 7) is 5.42. The zero-order valence-electron chi connectivity index (χ0n) is 20.1. The van der Waals surface area contributed by atoms with Crippen LogP contribution in [0.25, 0.3) is 0 Å². The molecule has 5 nitrogen and oxygen atoms in total. The molecule has 8 heteroatoms. The van der Waals surface area contributed by atoms with Crippen LogP contribution in [0.15, 0.2) is 30.5 Å². The highest BCUT2D eigenvalue weighted by molar-refractivity contribution is 5.42. The second kappa shape index (κ2) is 11.3. The summed E-state index contributed by atoms with van der Waals surface area (Å²) in [5.41, 5.74) is 0.749. The van der Waals surface area contributed by atoms with Crippen molar-refractivity contribution in [3.05, 3.63) is 59.2 Å². The zero-order valence-corrected chi connectivity index (χ0v) is 20.1. The minimum Gasteiger partial charge on any atom is -0.485 e. The van der Waals surface area contributed by atoms with Crippen molar-refractivity contribution in [2.75, 3.05) is 32.7 Å². The second-order valence-electron chi connectivity index (χ2n) is 10.2. The number of hydrogen-bond acceptors (Lipinski definition) is 5. The maximum absolute atomic E-state index is 14.6. The van der Waals surface area contributed by atoms with Gasteiger partial charge in [-0.05, 0) is 95.4 Å². The maximum Gasteiger partial charge on any atom is 0.219 e. The van der Waals surface area contributed by atoms with Crippen LogP contribution < -0.4 is 15.4 Å². The Morgan fingerprint density at radius 3 is 2.66 bits per heavy atom. The van der Waals surface area contributed by atoms with Crippen molar-refractivity contribution < 1.29 is 17.9 Å². The first-order chi connectivity index (χ1) is 17.1. The van der Waals surface area contributed by atoms with Gasteiger partial charge in [-0.15, -0.1) is 0 Å². The standard InChI is InChI=1S/C27H35F3N4O/c28-20-14-23(26(24(29)15-20)35-17-19-2-1-8-33-27(19)30)22-16-25(22)32-11-3-18-6-12-34(13-7-18)21-4-9-31-10-5-21/h1-2,8,14-15,18,21-22,25,31-32H,3-7,9-13,16-17H2. The molecule has 2 saturated heterocycles. The summed E-state index contributed by atoms with van der Waals surface area (Å²) >= 11 is 0. The Morgan fingerprint density at radius 2 is 1.89 bits per heavy atom. The molecule has 35 heavy (non-hydrogen) atoms. The van der Waals surface area contributed by atoms with Crippen LogP contribution in [0, 0.1) is 23.5 Å². The van der Waals surface area contributed by atoms with Gasteiger partial charge in [-0.2, -0.15) is 4.39 Å². The first kappa shape index (κ1) is 24.5. The lowest BCUT2D eigenvalue weighted by Gasteiger charge is -2.39. The molecule has 1 aromatic heterocycles. The molecule has 3 aliphatic rings. The molecule has 2 unspecified atom stereocenters. The number of pyridine rings is 1. The van der Waals surface area contributed by atoms with Gasteiger partial charge in [0.1, 0.15) is 12.4 Å². The number of likely N-dealkylation sites (tertiary alicyclic amines) is 1. The molecule has 3 heterocycles. The van der Waals surface area contributed by atoms with Gasteiger partial charge >= 0.3 is 0 Å². The molecule has 0 spiro atoms. The second-order valence-corrected chi connectivity index (χ2v) is 10.2. The van der Waals surface area contributed by atoms with E-state index in [1.165, 1.54) is 51.0 Å². The molecule has 2 aliphatic heterocycles. The zero-order chi connectivity index (χ0) is 24.2. The number of ether oxygens (including phenoxy) is 1. The highest BCUT2D eigenvalue weighted by Crippen LogP contribution is 2.46. The largest absolute Gasteiger partial charge is 0.485 e. The summed E-state index contributed by atoms with van der Waals surface area (Å²) in [4.78, 5) is 6.27. The fourth-order valence-electron chi connectivity index (χ4n) is 5.70. The molecule has 1 saturated carbocycles. The van der Waals surface area contributed by atoms with Gasteiger partial charge in [0.2, 0.25) is 5.95 Å². The lowest BCUT2D eigenvalue weighted by atomic mass is 9.91. The van der Waals surface area contributed by atoms with E-state index in [-0.39, 0.29) is 29.9 Å². The van der Waals surface area contributed by atoms with E-state index in [0.29, 0.717) is 5.56 Å². The quantitative estimate of drug-likeness (QED) is 0.513. The summed E-state index contributed by atoms with van der Waals surface area (Å²) < 4.78 is 48.1. The monoisotopic (exact) mass is 488 g/mol. The van der Waals surface area contributed by atoms with E-state index in [0.717, 1.165) is 50.5 Å². The van der Waals surface area contributed by atoms with Crippen LogP contribution in [0.3, 0.4) is 0 Å². The molecule has 1 aliphatic carbocycles. The molecule has 1 aromatic carbocycles. The van der Waals surface area contributed by atoms with E-state index in [4.69, 9.17) is 4.74 Å². The molecule has 2 aromatic rings. The van der Waals surface area contributed by atoms with Crippen molar-refractivity contribution in [3.8, 4) is 5.75 Å². The van der Waals surface area contributed by atoms with E-state index >= 15 is 0 Å². The number of rotatable bonds is 9. The van der Waals surface area contributed by atoms with Gasteiger partial charge in [-0.1, -0.05) is 0 Å². The van der Waals surface area contributed by atoms with Crippen LogP contribution in [0.5, 0.6) is 5.75 Å². The molecule has 0 bridgehead atoms. The Labute approximate surface area is 205 Å². The van der Waals surface area contributed by atoms with Crippen LogP contribution in [-0.2, 0) is 6.61 Å². The molecule has 0 radical (unpaired) electrons. The third-order valence-corrected chi connectivity index (χ3v) is 7.87. The number of nitrogens with zero attached hydrogens (tertiary/aromatic N) is 2. The van der Waals surface area contributed by atoms with Gasteiger partial charge in [0.05, 0.1) is 0 Å². The molecular weight excluding hydrogens is 453 g/mol. The van der Waals surface area contributed by atoms with E-state index < -0.39 is 17.6 Å². The molecule has 3 fully saturated rings. The van der Waals surface area contributed by atoms with Gasteiger partial charge in [0.15, 0.2) is 11.6 Å². The van der Waals surface area contributed by atoms with Crippen molar-refractivity contribution in [2.24, 2.45) is 5.92 Å². The Bertz CT molecular complexity index is 992. The lowest BCUT2D eigenvalue weighted by Crippen LogP contribution is -2.46. The van der Waals surface area contributed by atoms with Gasteiger partial charge in [-0.25, -0.2) is 13.8 Å². The average molecular weight is 489 g/mol. The Kier molecular flexibility index (Phi) is 7.90. The Hall–Kier alpha value is -2.16. The molecule has 190 valence electrons. The molecule has 2 N–H and O–H groups in total. The van der Waals surface area contributed by atoms with Gasteiger partial charge in [0.25, 0.3) is 0 Å². The smallest absolute Gasteiger partial charge is 0.219 e. The van der Waals surface area contributed by atoms with Crippen LogP contribution in [0.1, 0.15) is 55.6 Å². The topological polar surface area (TPSA) is 49.4 Å². The van der Waals surface area contributed by atoms with E-state index in [1.54, 1.807) is 12.1 Å². The van der Waals surface area contributed by atoms with E-state index in [1.807, 2.05) is 0 Å². The summed E-state index contributed by atoms with van der Waals surface area (Å²) in [5.74, 6) is -1.29. The van der Waals surface area contributed by atoms with Crippen molar-refractivity contribution >= 4 is 0 Å². The van der Waals surface area contributed by atoms with Gasteiger partial charge in [0, 0.05) is 41.4 Å². The van der Waals surface area contributed by atoms with Gasteiger partial charge < -0.3 is 20.3 Å². The SMILES string of the molecule is Fc1cc(F)c(OCc2cccnc2F)c(C2CC2NCCC2CCN(C3CCNCC3)CC2)c1. The van der Waals surface area contributed by atoms with Crippen LogP contribution in [-0.4, -0.2) is 54.7 Å². The van der Waals surface area contributed by atoms with Crippen molar-refractivity contribution in [3.63, 3.8) is 0 Å². The number of benzene rings is 1. The third-order valence-electron chi connectivity index (χ3n) is 7.87. The fourth-order valence-corrected chi connectivity index (χ4v) is 5.70. The van der Waals surface area contributed by atoms with E-state index in [2.05, 4.69) is 20.5 Å². The summed E-state index contributed by atoms with van der Waals surface area (Å²) in [5, 5.41) is 7.03. The third kappa shape index (κ3) is 6.16. The molecule has 5 rings (SSSR count). The van der Waals surface area contributed by atoms with Crippen molar-refractivity contribution in [2.45, 2.75) is 63.1 Å². The predicted molar refractivity (Wildman–Crippen MR) is 129 cm³/mol. The van der Waals surface area contributed by atoms with Crippen LogP contribution in [0.4, 0.5) is 13.2 Å². The fraction of sp³-hybridized carbons (Fsp3) is 0.593. The first-order valence-electron chi connectivity index (χ1n) is 13.0. The van der Waals surface area contributed by atoms with Crippen LogP contribution in [0.2, 0.25) is 0 Å². The Balaban J connectivity index is 1.10. The highest BCUT2D eigenvalue weighted by Gasteiger charge is 2.41. The number of hydrogen-bond donors (Lipinski definition) is 2. The normalized spacial score (nSPS) is 24.0. The predicted octanol–water partition coefficient (Wildman–Crippen LogP) is 4.38. The summed E-state index contributed by atoms with van der Waals surface area (Å²) in [6, 6.07) is 6.24. The number of piperidine rings is 2. The number of aromatic nitrogens is 1. The molecule has 0 amide bonds. The first-order valence-corrected chi connectivity index (χ1v) is 13.0. The number of nitrogens with one attached hydrogen (secondary N) is 2. The highest BCUT2D eigenvalue weighted by atomic mass is 19.1. The van der Waals surface area contributed by atoms with E-state index in [9.17, 15) is 13.2 Å². The summed E-state index contributed by atoms with van der Waals surface area (Å²) in [6.07, 6.45) is 8.31. The minimum atomic E-state index is -0.754. The molecular formula is C27H35F3N4O. The van der Waals surface area contributed by atoms with Crippen molar-refractivity contribution in [1.29, 1.82) is 0 Å².